The Morgan fingerprint density at radius 2 is 1.69 bits per heavy atom. The zero-order valence-electron chi connectivity index (χ0n) is 9.33. The summed E-state index contributed by atoms with van der Waals surface area (Å²) in [7, 11) is 1.69. The molecule has 2 rings (SSSR count). The van der Waals surface area contributed by atoms with Gasteiger partial charge in [0.1, 0.15) is 5.75 Å². The van der Waals surface area contributed by atoms with Gasteiger partial charge in [0.15, 0.2) is 0 Å². The molecule has 0 saturated carbocycles. The highest BCUT2D eigenvalue weighted by Gasteiger charge is 2.03. The Bertz CT molecular complexity index is 489. The van der Waals surface area contributed by atoms with Gasteiger partial charge in [-0.15, -0.1) is 0 Å². The first kappa shape index (κ1) is 11.5. The van der Waals surface area contributed by atoms with Crippen LogP contribution in [0.3, 0.4) is 0 Å². The second kappa shape index (κ2) is 4.87. The lowest BCUT2D eigenvalue weighted by Crippen LogP contribution is -1.86. The van der Waals surface area contributed by atoms with Gasteiger partial charge in [-0.25, -0.2) is 0 Å². The predicted octanol–water partition coefficient (Wildman–Crippen LogP) is 4.28. The average molecular weight is 324 g/mol. The lowest BCUT2D eigenvalue weighted by atomic mass is 10.0. The van der Waals surface area contributed by atoms with Crippen molar-refractivity contribution in [3.05, 3.63) is 51.6 Å². The van der Waals surface area contributed by atoms with Gasteiger partial charge in [-0.2, -0.15) is 0 Å². The molecule has 2 aromatic carbocycles. The molecule has 0 saturated heterocycles. The van der Waals surface area contributed by atoms with E-state index in [4.69, 9.17) is 4.74 Å². The first-order valence-corrected chi connectivity index (χ1v) is 6.19. The van der Waals surface area contributed by atoms with E-state index < -0.39 is 0 Å². The summed E-state index contributed by atoms with van der Waals surface area (Å²) in [5.74, 6) is 0.894. The summed E-state index contributed by atoms with van der Waals surface area (Å²) in [5.41, 5.74) is 3.79. The van der Waals surface area contributed by atoms with Crippen molar-refractivity contribution in [1.82, 2.24) is 0 Å². The highest BCUT2D eigenvalue weighted by molar-refractivity contribution is 14.1. The Morgan fingerprint density at radius 3 is 2.25 bits per heavy atom. The molecule has 0 aromatic heterocycles. The molecule has 0 aliphatic carbocycles. The Hall–Kier alpha value is -1.03. The van der Waals surface area contributed by atoms with E-state index in [2.05, 4.69) is 59.8 Å². The van der Waals surface area contributed by atoms with Gasteiger partial charge in [0.2, 0.25) is 0 Å². The van der Waals surface area contributed by atoms with E-state index in [1.807, 2.05) is 12.1 Å². The lowest BCUT2D eigenvalue weighted by Gasteiger charge is -2.07. The van der Waals surface area contributed by atoms with Gasteiger partial charge in [0, 0.05) is 3.57 Å². The third-order valence-electron chi connectivity index (χ3n) is 2.53. The van der Waals surface area contributed by atoms with Crippen molar-refractivity contribution in [3.8, 4) is 16.9 Å². The highest BCUT2D eigenvalue weighted by Crippen LogP contribution is 2.27. The SMILES string of the molecule is COc1ccc(-c2ccc(C)cc2I)cc1. The molecule has 0 aliphatic rings. The highest BCUT2D eigenvalue weighted by atomic mass is 127. The van der Waals surface area contributed by atoms with Crippen LogP contribution in [0.1, 0.15) is 5.56 Å². The zero-order valence-corrected chi connectivity index (χ0v) is 11.5. The van der Waals surface area contributed by atoms with Crippen molar-refractivity contribution in [1.29, 1.82) is 0 Å². The molecular weight excluding hydrogens is 311 g/mol. The molecule has 16 heavy (non-hydrogen) atoms. The molecule has 0 bridgehead atoms. The number of hydrogen-bond acceptors (Lipinski definition) is 1. The third-order valence-corrected chi connectivity index (χ3v) is 3.42. The average Bonchev–Trinajstić information content (AvgIpc) is 2.29. The molecule has 0 N–H and O–H groups in total. The summed E-state index contributed by atoms with van der Waals surface area (Å²) < 4.78 is 6.43. The largest absolute Gasteiger partial charge is 0.497 e. The van der Waals surface area contributed by atoms with Crippen LogP contribution in [0.4, 0.5) is 0 Å². The van der Waals surface area contributed by atoms with Crippen LogP contribution < -0.4 is 4.74 Å². The van der Waals surface area contributed by atoms with Crippen molar-refractivity contribution < 1.29 is 4.74 Å². The van der Waals surface area contributed by atoms with E-state index in [0.717, 1.165) is 5.75 Å². The maximum atomic E-state index is 5.15. The number of benzene rings is 2. The fourth-order valence-corrected chi connectivity index (χ4v) is 2.61. The minimum absolute atomic E-state index is 0.894. The van der Waals surface area contributed by atoms with Gasteiger partial charge in [-0.1, -0.05) is 29.8 Å². The minimum Gasteiger partial charge on any atom is -0.497 e. The van der Waals surface area contributed by atoms with Crippen LogP contribution in [0.5, 0.6) is 5.75 Å². The molecule has 2 heteroatoms. The maximum absolute atomic E-state index is 5.15. The molecule has 0 radical (unpaired) electrons. The molecule has 0 amide bonds. The van der Waals surface area contributed by atoms with E-state index in [0.29, 0.717) is 0 Å². The quantitative estimate of drug-likeness (QED) is 0.750. The van der Waals surface area contributed by atoms with Crippen molar-refractivity contribution in [2.75, 3.05) is 7.11 Å². The van der Waals surface area contributed by atoms with Crippen LogP contribution in [-0.4, -0.2) is 7.11 Å². The van der Waals surface area contributed by atoms with Crippen molar-refractivity contribution in [2.45, 2.75) is 6.92 Å². The maximum Gasteiger partial charge on any atom is 0.118 e. The summed E-state index contributed by atoms with van der Waals surface area (Å²) in [6, 6.07) is 14.7. The van der Waals surface area contributed by atoms with E-state index in [1.54, 1.807) is 7.11 Å². The van der Waals surface area contributed by atoms with Gasteiger partial charge in [0.25, 0.3) is 0 Å². The number of ether oxygens (including phenoxy) is 1. The molecule has 0 unspecified atom stereocenters. The fourth-order valence-electron chi connectivity index (χ4n) is 1.62. The van der Waals surface area contributed by atoms with Gasteiger partial charge < -0.3 is 4.74 Å². The molecule has 0 atom stereocenters. The molecule has 1 nitrogen and oxygen atoms in total. The summed E-state index contributed by atoms with van der Waals surface area (Å²) in [5, 5.41) is 0. The van der Waals surface area contributed by atoms with Gasteiger partial charge >= 0.3 is 0 Å². The summed E-state index contributed by atoms with van der Waals surface area (Å²) in [4.78, 5) is 0. The van der Waals surface area contributed by atoms with Crippen molar-refractivity contribution in [3.63, 3.8) is 0 Å². The first-order chi connectivity index (χ1) is 7.70. The van der Waals surface area contributed by atoms with E-state index >= 15 is 0 Å². The van der Waals surface area contributed by atoms with Gasteiger partial charge in [0.05, 0.1) is 7.11 Å². The van der Waals surface area contributed by atoms with E-state index in [1.165, 1.54) is 20.3 Å². The van der Waals surface area contributed by atoms with E-state index in [-0.39, 0.29) is 0 Å². The van der Waals surface area contributed by atoms with Crippen LogP contribution in [0.2, 0.25) is 0 Å². The molecular formula is C14H13IO. The molecule has 0 fully saturated rings. The summed E-state index contributed by atoms with van der Waals surface area (Å²) in [6.07, 6.45) is 0. The van der Waals surface area contributed by atoms with Crippen molar-refractivity contribution in [2.24, 2.45) is 0 Å². The molecule has 0 aliphatic heterocycles. The summed E-state index contributed by atoms with van der Waals surface area (Å²) >= 11 is 2.38. The molecule has 82 valence electrons. The Balaban J connectivity index is 2.42. The van der Waals surface area contributed by atoms with Crippen LogP contribution in [0, 0.1) is 10.5 Å². The second-order valence-electron chi connectivity index (χ2n) is 3.71. The number of aryl methyl sites for hydroxylation is 1. The van der Waals surface area contributed by atoms with Crippen LogP contribution in [0.25, 0.3) is 11.1 Å². The molecule has 2 aromatic rings. The minimum atomic E-state index is 0.894. The topological polar surface area (TPSA) is 9.23 Å². The van der Waals surface area contributed by atoms with Crippen LogP contribution >= 0.6 is 22.6 Å². The van der Waals surface area contributed by atoms with Gasteiger partial charge in [-0.05, 0) is 58.8 Å². The zero-order chi connectivity index (χ0) is 11.5. The number of methoxy groups -OCH3 is 1. The number of halogens is 1. The van der Waals surface area contributed by atoms with Crippen molar-refractivity contribution >= 4 is 22.6 Å². The Kier molecular flexibility index (Phi) is 3.49. The van der Waals surface area contributed by atoms with Crippen LogP contribution in [-0.2, 0) is 0 Å². The second-order valence-corrected chi connectivity index (χ2v) is 4.87. The molecule has 0 spiro atoms. The predicted molar refractivity (Wildman–Crippen MR) is 75.9 cm³/mol. The lowest BCUT2D eigenvalue weighted by molar-refractivity contribution is 0.415. The van der Waals surface area contributed by atoms with E-state index in [9.17, 15) is 0 Å². The first-order valence-electron chi connectivity index (χ1n) is 5.11. The number of hydrogen-bond donors (Lipinski definition) is 0. The van der Waals surface area contributed by atoms with Gasteiger partial charge in [-0.3, -0.25) is 0 Å². The molecule has 0 heterocycles. The summed E-state index contributed by atoms with van der Waals surface area (Å²) in [6.45, 7) is 2.11. The Labute approximate surface area is 110 Å². The normalized spacial score (nSPS) is 10.2. The fraction of sp³-hybridized carbons (Fsp3) is 0.143. The van der Waals surface area contributed by atoms with Crippen LogP contribution in [0.15, 0.2) is 42.5 Å². The monoisotopic (exact) mass is 324 g/mol. The number of rotatable bonds is 2. The third kappa shape index (κ3) is 2.38. The Morgan fingerprint density at radius 1 is 1.00 bits per heavy atom. The standard InChI is InChI=1S/C14H13IO/c1-10-3-8-13(14(15)9-10)11-4-6-12(16-2)7-5-11/h3-9H,1-2H3. The smallest absolute Gasteiger partial charge is 0.118 e.